The predicted octanol–water partition coefficient (Wildman–Crippen LogP) is 2.79. The van der Waals surface area contributed by atoms with Gasteiger partial charge in [0.1, 0.15) is 5.52 Å². The van der Waals surface area contributed by atoms with Gasteiger partial charge in [-0.2, -0.15) is 0 Å². The monoisotopic (exact) mass is 200 g/mol. The summed E-state index contributed by atoms with van der Waals surface area (Å²) in [7, 11) is 0. The Morgan fingerprint density at radius 3 is 2.93 bits per heavy atom. The lowest BCUT2D eigenvalue weighted by Gasteiger charge is -1.99. The number of nitro groups is 1. The number of nitrogens with zero attached hydrogens (tertiary/aromatic N) is 2. The largest absolute Gasteiger partial charge is 0.295 e. The zero-order chi connectivity index (χ0) is 10.8. The molecule has 2 rings (SSSR count). The first-order valence-corrected chi connectivity index (χ1v) is 4.38. The van der Waals surface area contributed by atoms with Gasteiger partial charge in [-0.25, -0.2) is 4.98 Å². The van der Waals surface area contributed by atoms with Crippen molar-refractivity contribution in [3.63, 3.8) is 0 Å². The Bertz CT molecular complexity index is 549. The van der Waals surface area contributed by atoms with E-state index in [0.717, 1.165) is 10.9 Å². The van der Waals surface area contributed by atoms with Crippen LogP contribution < -0.4 is 0 Å². The van der Waals surface area contributed by atoms with Gasteiger partial charge >= 0.3 is 0 Å². The van der Waals surface area contributed by atoms with Crippen molar-refractivity contribution >= 4 is 22.7 Å². The van der Waals surface area contributed by atoms with E-state index in [9.17, 15) is 10.1 Å². The van der Waals surface area contributed by atoms with E-state index in [0.29, 0.717) is 5.52 Å². The molecule has 0 saturated heterocycles. The molecular formula is C11H8N2O2. The molecule has 0 aliphatic heterocycles. The summed E-state index contributed by atoms with van der Waals surface area (Å²) < 4.78 is 0. The van der Waals surface area contributed by atoms with Crippen LogP contribution in [0.2, 0.25) is 0 Å². The highest BCUT2D eigenvalue weighted by Gasteiger charge is 2.11. The van der Waals surface area contributed by atoms with Gasteiger partial charge in [-0.05, 0) is 11.6 Å². The second-order valence-corrected chi connectivity index (χ2v) is 3.08. The lowest BCUT2D eigenvalue weighted by molar-refractivity contribution is -0.383. The molecule has 0 atom stereocenters. The smallest absolute Gasteiger partial charge is 0.258 e. The van der Waals surface area contributed by atoms with E-state index in [1.807, 2.05) is 6.07 Å². The summed E-state index contributed by atoms with van der Waals surface area (Å²) in [5.41, 5.74) is 1.29. The van der Waals surface area contributed by atoms with Crippen LogP contribution in [0.25, 0.3) is 17.0 Å². The highest BCUT2D eigenvalue weighted by Crippen LogP contribution is 2.23. The van der Waals surface area contributed by atoms with Gasteiger partial charge < -0.3 is 0 Å². The Kier molecular flexibility index (Phi) is 2.17. The average Bonchev–Trinajstić information content (AvgIpc) is 2.27. The molecule has 0 aliphatic rings. The Labute approximate surface area is 86.0 Å². The molecule has 1 aromatic carbocycles. The van der Waals surface area contributed by atoms with Gasteiger partial charge in [-0.15, -0.1) is 0 Å². The summed E-state index contributed by atoms with van der Waals surface area (Å²) in [4.78, 5) is 14.3. The molecule has 0 amide bonds. The van der Waals surface area contributed by atoms with Gasteiger partial charge in [-0.3, -0.25) is 10.1 Å². The van der Waals surface area contributed by atoms with E-state index in [2.05, 4.69) is 11.6 Å². The molecule has 0 N–H and O–H groups in total. The second-order valence-electron chi connectivity index (χ2n) is 3.08. The quantitative estimate of drug-likeness (QED) is 0.553. The number of aromatic nitrogens is 1. The molecule has 74 valence electrons. The number of non-ortho nitro benzene ring substituents is 1. The van der Waals surface area contributed by atoms with Crippen molar-refractivity contribution in [2.24, 2.45) is 0 Å². The van der Waals surface area contributed by atoms with Gasteiger partial charge in [0.05, 0.1) is 4.92 Å². The zero-order valence-electron chi connectivity index (χ0n) is 7.88. The SMILES string of the molecule is C=Cc1cnc2c([N+](=O)[O-])cccc2c1. The number of hydrogen-bond acceptors (Lipinski definition) is 3. The minimum Gasteiger partial charge on any atom is -0.258 e. The van der Waals surface area contributed by atoms with Crippen LogP contribution in [0.4, 0.5) is 5.69 Å². The lowest BCUT2D eigenvalue weighted by Crippen LogP contribution is -1.91. The number of hydrogen-bond donors (Lipinski definition) is 0. The number of rotatable bonds is 2. The Morgan fingerprint density at radius 1 is 1.47 bits per heavy atom. The summed E-state index contributed by atoms with van der Waals surface area (Å²) >= 11 is 0. The van der Waals surface area contributed by atoms with E-state index in [-0.39, 0.29) is 5.69 Å². The molecule has 15 heavy (non-hydrogen) atoms. The van der Waals surface area contributed by atoms with Crippen LogP contribution in [0.3, 0.4) is 0 Å². The van der Waals surface area contributed by atoms with Crippen LogP contribution in [0.1, 0.15) is 5.56 Å². The third kappa shape index (κ3) is 1.57. The number of nitro benzene ring substituents is 1. The number of fused-ring (bicyclic) bond motifs is 1. The summed E-state index contributed by atoms with van der Waals surface area (Å²) in [5, 5.41) is 11.5. The van der Waals surface area contributed by atoms with Crippen LogP contribution in [0, 0.1) is 10.1 Å². The minimum atomic E-state index is -0.428. The third-order valence-corrected chi connectivity index (χ3v) is 2.14. The van der Waals surface area contributed by atoms with Crippen molar-refractivity contribution < 1.29 is 4.92 Å². The first-order chi connectivity index (χ1) is 7.22. The number of benzene rings is 1. The molecule has 0 saturated carbocycles. The maximum Gasteiger partial charge on any atom is 0.295 e. The Morgan fingerprint density at radius 2 is 2.27 bits per heavy atom. The molecule has 0 radical (unpaired) electrons. The first-order valence-electron chi connectivity index (χ1n) is 4.38. The Balaban J connectivity index is 2.77. The topological polar surface area (TPSA) is 56.0 Å². The van der Waals surface area contributed by atoms with E-state index in [4.69, 9.17) is 0 Å². The second kappa shape index (κ2) is 3.49. The molecule has 1 heterocycles. The maximum absolute atomic E-state index is 10.7. The van der Waals surface area contributed by atoms with Gasteiger partial charge in [0.2, 0.25) is 0 Å². The standard InChI is InChI=1S/C11H8N2O2/c1-2-8-6-9-4-3-5-10(13(14)15)11(9)12-7-8/h2-7H,1H2. The molecule has 0 spiro atoms. The highest BCUT2D eigenvalue weighted by atomic mass is 16.6. The molecule has 0 fully saturated rings. The normalized spacial score (nSPS) is 10.1. The van der Waals surface area contributed by atoms with E-state index < -0.39 is 4.92 Å². The van der Waals surface area contributed by atoms with E-state index >= 15 is 0 Å². The Hall–Kier alpha value is -2.23. The molecule has 0 aliphatic carbocycles. The van der Waals surface area contributed by atoms with Crippen LogP contribution in [-0.2, 0) is 0 Å². The third-order valence-electron chi connectivity index (χ3n) is 2.14. The van der Waals surface area contributed by atoms with Gasteiger partial charge in [0.15, 0.2) is 0 Å². The van der Waals surface area contributed by atoms with Gasteiger partial charge in [-0.1, -0.05) is 24.8 Å². The molecule has 4 nitrogen and oxygen atoms in total. The fourth-order valence-electron chi connectivity index (χ4n) is 1.42. The fraction of sp³-hybridized carbons (Fsp3) is 0. The molecular weight excluding hydrogens is 192 g/mol. The predicted molar refractivity (Wildman–Crippen MR) is 58.5 cm³/mol. The van der Waals surface area contributed by atoms with Crippen molar-refractivity contribution in [2.75, 3.05) is 0 Å². The van der Waals surface area contributed by atoms with Crippen molar-refractivity contribution in [1.82, 2.24) is 4.98 Å². The van der Waals surface area contributed by atoms with Crippen LogP contribution in [0.5, 0.6) is 0 Å². The van der Waals surface area contributed by atoms with Crippen LogP contribution in [-0.4, -0.2) is 9.91 Å². The number of pyridine rings is 1. The summed E-state index contributed by atoms with van der Waals surface area (Å²) in [6, 6.07) is 6.71. The van der Waals surface area contributed by atoms with Gasteiger partial charge in [0, 0.05) is 17.6 Å². The first kappa shape index (κ1) is 9.33. The summed E-state index contributed by atoms with van der Waals surface area (Å²) in [5.74, 6) is 0. The molecule has 1 aromatic heterocycles. The summed E-state index contributed by atoms with van der Waals surface area (Å²) in [6.45, 7) is 3.62. The van der Waals surface area contributed by atoms with E-state index in [1.165, 1.54) is 6.07 Å². The maximum atomic E-state index is 10.7. The van der Waals surface area contributed by atoms with Crippen molar-refractivity contribution in [1.29, 1.82) is 0 Å². The summed E-state index contributed by atoms with van der Waals surface area (Å²) in [6.07, 6.45) is 3.23. The fourth-order valence-corrected chi connectivity index (χ4v) is 1.42. The number of para-hydroxylation sites is 1. The van der Waals surface area contributed by atoms with Crippen molar-refractivity contribution in [3.05, 3.63) is 52.7 Å². The molecule has 0 bridgehead atoms. The van der Waals surface area contributed by atoms with Crippen molar-refractivity contribution in [2.45, 2.75) is 0 Å². The minimum absolute atomic E-state index is 0.0307. The van der Waals surface area contributed by atoms with Crippen LogP contribution >= 0.6 is 0 Å². The molecule has 2 aromatic rings. The van der Waals surface area contributed by atoms with Crippen LogP contribution in [0.15, 0.2) is 37.0 Å². The zero-order valence-corrected chi connectivity index (χ0v) is 7.88. The average molecular weight is 200 g/mol. The highest BCUT2D eigenvalue weighted by molar-refractivity contribution is 5.88. The molecule has 0 unspecified atom stereocenters. The van der Waals surface area contributed by atoms with Gasteiger partial charge in [0.25, 0.3) is 5.69 Å². The van der Waals surface area contributed by atoms with E-state index in [1.54, 1.807) is 24.4 Å². The molecule has 4 heteroatoms. The van der Waals surface area contributed by atoms with Crippen molar-refractivity contribution in [3.8, 4) is 0 Å². The lowest BCUT2D eigenvalue weighted by atomic mass is 10.1.